The number of aryl methyl sites for hydroxylation is 2. The van der Waals surface area contributed by atoms with E-state index >= 15 is 0 Å². The number of nitrogens with one attached hydrogen (secondary N) is 2. The molecule has 2 aliphatic heterocycles. The second-order valence-corrected chi connectivity index (χ2v) is 21.3. The van der Waals surface area contributed by atoms with Gasteiger partial charge >= 0.3 is 0 Å². The van der Waals surface area contributed by atoms with Crippen LogP contribution in [0.3, 0.4) is 0 Å². The summed E-state index contributed by atoms with van der Waals surface area (Å²) in [6, 6.07) is 37.9. The van der Waals surface area contributed by atoms with E-state index < -0.39 is 11.7 Å². The number of hydrogen-bond donors (Lipinski definition) is 2. The maximum Gasteiger partial charge on any atom is 0.258 e. The number of allylic oxidation sites excluding steroid dienone is 2. The first kappa shape index (κ1) is 60.1. The molecule has 78 heavy (non-hydrogen) atoms. The van der Waals surface area contributed by atoms with Crippen molar-refractivity contribution < 1.29 is 14.0 Å². The molecule has 0 bridgehead atoms. The normalized spacial score (nSPS) is 13.2. The maximum atomic E-state index is 14.9. The highest BCUT2D eigenvalue weighted by Gasteiger charge is 2.18. The van der Waals surface area contributed by atoms with Crippen LogP contribution in [0.4, 0.5) is 27.1 Å². The molecule has 2 N–H and O–H groups in total. The molecule has 4 aromatic carbocycles. The van der Waals surface area contributed by atoms with Crippen LogP contribution in [0.25, 0.3) is 44.5 Å². The lowest BCUT2D eigenvalue weighted by Gasteiger charge is -2.21. The molecule has 2 saturated heterocycles. The van der Waals surface area contributed by atoms with E-state index in [1.54, 1.807) is 36.6 Å². The molecule has 0 saturated carbocycles. The van der Waals surface area contributed by atoms with Crippen LogP contribution in [0.15, 0.2) is 152 Å². The fourth-order valence-corrected chi connectivity index (χ4v) is 10.5. The molecule has 0 spiro atoms. The van der Waals surface area contributed by atoms with Gasteiger partial charge in [-0.25, -0.2) is 14.4 Å². The Labute approximate surface area is 471 Å². The van der Waals surface area contributed by atoms with Crippen molar-refractivity contribution in [2.45, 2.75) is 113 Å². The van der Waals surface area contributed by atoms with Gasteiger partial charge in [0, 0.05) is 88.0 Å². The van der Waals surface area contributed by atoms with E-state index in [4.69, 9.17) is 9.97 Å². The molecule has 10 rings (SSSR count). The number of rotatable bonds is 9. The number of fused-ring (bicyclic) bond motifs is 2. The number of benzene rings is 4. The number of halogens is 1. The first-order valence-electron chi connectivity index (χ1n) is 27.6. The number of anilines is 4. The summed E-state index contributed by atoms with van der Waals surface area (Å²) in [7, 11) is 0. The topological polar surface area (TPSA) is 116 Å². The summed E-state index contributed by atoms with van der Waals surface area (Å²) in [5.74, 6) is 1.08. The molecule has 0 atom stereocenters. The SMILES string of the molecule is C/C=C\CC.CCC.CCC.Cc1ccc(NC(=O)c2ccc(N3CCCCCS3)cc2)cc1-c1ccc2ncccc2n1.Cc1ccc(NC(=O)c2ccc(N3CCCCCS3)cc2F)cc1-c1ccc2cnccc2n1. The lowest BCUT2D eigenvalue weighted by atomic mass is 10.0. The Kier molecular flexibility index (Phi) is 24.6. The average Bonchev–Trinajstić information content (AvgIpc) is 3.95. The Hall–Kier alpha value is -7.09. The van der Waals surface area contributed by atoms with Gasteiger partial charge in [0.1, 0.15) is 5.82 Å². The zero-order valence-electron chi connectivity index (χ0n) is 46.8. The van der Waals surface area contributed by atoms with Crippen LogP contribution in [0.2, 0.25) is 0 Å². The van der Waals surface area contributed by atoms with Crippen molar-refractivity contribution in [3.05, 3.63) is 180 Å². The van der Waals surface area contributed by atoms with Gasteiger partial charge in [0.25, 0.3) is 11.8 Å². The fraction of sp³-hybridized carbons (Fsp3) is 0.323. The highest BCUT2D eigenvalue weighted by molar-refractivity contribution is 8.00. The van der Waals surface area contributed by atoms with Crippen LogP contribution >= 0.6 is 23.9 Å². The second kappa shape index (κ2) is 32.0. The van der Waals surface area contributed by atoms with Crippen LogP contribution in [0, 0.1) is 19.7 Å². The molecule has 2 fully saturated rings. The molecule has 0 radical (unpaired) electrons. The van der Waals surface area contributed by atoms with Gasteiger partial charge in [0.05, 0.1) is 33.5 Å². The molecule has 2 amide bonds. The third kappa shape index (κ3) is 17.7. The van der Waals surface area contributed by atoms with E-state index in [1.807, 2.05) is 135 Å². The summed E-state index contributed by atoms with van der Waals surface area (Å²) in [6.45, 7) is 18.7. The molecule has 10 nitrogen and oxygen atoms in total. The number of aromatic nitrogens is 4. The van der Waals surface area contributed by atoms with Gasteiger partial charge in [-0.05, 0) is 197 Å². The van der Waals surface area contributed by atoms with Crippen LogP contribution < -0.4 is 19.2 Å². The summed E-state index contributed by atoms with van der Waals surface area (Å²) in [5, 5.41) is 6.85. The first-order valence-corrected chi connectivity index (χ1v) is 29.5. The van der Waals surface area contributed by atoms with Crippen molar-refractivity contribution in [3.8, 4) is 22.5 Å². The maximum absolute atomic E-state index is 14.9. The van der Waals surface area contributed by atoms with Crippen molar-refractivity contribution in [2.24, 2.45) is 0 Å². The predicted molar refractivity (Wildman–Crippen MR) is 333 cm³/mol. The van der Waals surface area contributed by atoms with Crippen molar-refractivity contribution in [3.63, 3.8) is 0 Å². The van der Waals surface area contributed by atoms with Crippen molar-refractivity contribution in [1.82, 2.24) is 19.9 Å². The van der Waals surface area contributed by atoms with Crippen LogP contribution in [-0.4, -0.2) is 56.3 Å². The standard InChI is InChI=1S/C27H25FN4OS.C27H26N4OS.C5H10.2C3H8/c1-18-5-7-20(15-23(18)26-10-6-19-17-29-12-11-25(19)31-26)30-27(33)22-9-8-21(16-24(22)28)32-13-3-2-4-14-34-32;1-19-7-10-21(18-23(19)24-13-14-25-26(30-24)6-5-15-28-25)29-27(32)20-8-11-22(12-9-20)31-16-3-2-4-17-33-31;1-3-5-4-2;2*1-3-2/h5-12,15-17H,2-4,13-14H2,1H3,(H,30,33);5-15,18H,2-4,16-17H2,1H3,(H,29,32);3,5H,4H2,1-2H3;2*3H2,1-2H3/b;;5-3-;;. The zero-order valence-corrected chi connectivity index (χ0v) is 48.5. The molecule has 0 unspecified atom stereocenters. The summed E-state index contributed by atoms with van der Waals surface area (Å²) in [6.07, 6.45) is 20.3. The van der Waals surface area contributed by atoms with E-state index in [1.165, 1.54) is 51.0 Å². The van der Waals surface area contributed by atoms with Gasteiger partial charge in [-0.3, -0.25) is 19.6 Å². The van der Waals surface area contributed by atoms with E-state index in [-0.39, 0.29) is 11.5 Å². The average molecular weight is 1090 g/mol. The Morgan fingerprint density at radius 1 is 0.603 bits per heavy atom. The number of amides is 2. The van der Waals surface area contributed by atoms with Crippen molar-refractivity contribution in [2.75, 3.05) is 43.8 Å². The first-order chi connectivity index (χ1) is 38.0. The van der Waals surface area contributed by atoms with Gasteiger partial charge in [-0.1, -0.05) is 84.6 Å². The number of carbonyl (C=O) groups excluding carboxylic acids is 2. The largest absolute Gasteiger partial charge is 0.322 e. The van der Waals surface area contributed by atoms with Gasteiger partial charge in [0.2, 0.25) is 0 Å². The predicted octanol–water partition coefficient (Wildman–Crippen LogP) is 17.9. The fourth-order valence-electron chi connectivity index (χ4n) is 8.39. The van der Waals surface area contributed by atoms with Crippen molar-refractivity contribution >= 4 is 80.4 Å². The smallest absolute Gasteiger partial charge is 0.258 e. The van der Waals surface area contributed by atoms with E-state index in [0.717, 1.165) is 110 Å². The second-order valence-electron chi connectivity index (χ2n) is 19.1. The molecular formula is C65H77FN8O2S2. The molecule has 6 heterocycles. The summed E-state index contributed by atoms with van der Waals surface area (Å²) < 4.78 is 19.4. The van der Waals surface area contributed by atoms with Crippen LogP contribution in [0.5, 0.6) is 0 Å². The number of pyridine rings is 4. The van der Waals surface area contributed by atoms with Crippen LogP contribution in [-0.2, 0) is 0 Å². The lowest BCUT2D eigenvalue weighted by molar-refractivity contribution is 0.101. The van der Waals surface area contributed by atoms with E-state index in [0.29, 0.717) is 11.3 Å². The van der Waals surface area contributed by atoms with Gasteiger partial charge in [0.15, 0.2) is 0 Å². The molecule has 8 aromatic rings. The Balaban J connectivity index is 0.000000213. The minimum absolute atomic E-state index is 0.0297. The molecule has 408 valence electrons. The van der Waals surface area contributed by atoms with Crippen molar-refractivity contribution in [1.29, 1.82) is 0 Å². The minimum atomic E-state index is -0.517. The Morgan fingerprint density at radius 3 is 1.77 bits per heavy atom. The lowest BCUT2D eigenvalue weighted by Crippen LogP contribution is -2.17. The summed E-state index contributed by atoms with van der Waals surface area (Å²) in [5.41, 5.74) is 12.3. The van der Waals surface area contributed by atoms with Gasteiger partial charge < -0.3 is 19.2 Å². The number of hydrogen-bond acceptors (Lipinski definition) is 10. The monoisotopic (exact) mass is 1080 g/mol. The quantitative estimate of drug-likeness (QED) is 0.107. The highest BCUT2D eigenvalue weighted by atomic mass is 32.2. The molecule has 4 aromatic heterocycles. The number of nitrogens with zero attached hydrogens (tertiary/aromatic N) is 6. The van der Waals surface area contributed by atoms with E-state index in [2.05, 4.69) is 82.9 Å². The Morgan fingerprint density at radius 2 is 1.18 bits per heavy atom. The minimum Gasteiger partial charge on any atom is -0.322 e. The number of carbonyl (C=O) groups is 2. The third-order valence-electron chi connectivity index (χ3n) is 12.4. The molecular weight excluding hydrogens is 1010 g/mol. The molecule has 2 aliphatic rings. The van der Waals surface area contributed by atoms with Gasteiger partial charge in [-0.15, -0.1) is 0 Å². The van der Waals surface area contributed by atoms with Gasteiger partial charge in [-0.2, -0.15) is 0 Å². The molecule has 0 aliphatic carbocycles. The summed E-state index contributed by atoms with van der Waals surface area (Å²) >= 11 is 3.60. The molecule has 13 heteroatoms. The highest BCUT2D eigenvalue weighted by Crippen LogP contribution is 2.32. The third-order valence-corrected chi connectivity index (χ3v) is 14.7. The van der Waals surface area contributed by atoms with E-state index in [9.17, 15) is 14.0 Å². The Bertz CT molecular complexity index is 3190. The zero-order chi connectivity index (χ0) is 55.7. The van der Waals surface area contributed by atoms with Crippen LogP contribution in [0.1, 0.15) is 131 Å². The summed E-state index contributed by atoms with van der Waals surface area (Å²) in [4.78, 5) is 43.8.